The van der Waals surface area contributed by atoms with E-state index >= 15 is 0 Å². The number of nitrogens with zero attached hydrogens (tertiary/aromatic N) is 2. The molecule has 2 aromatic heterocycles. The number of carbonyl (C=O) groups is 1. The van der Waals surface area contributed by atoms with Gasteiger partial charge in [0.1, 0.15) is 11.8 Å². The van der Waals surface area contributed by atoms with Crippen LogP contribution >= 0.6 is 0 Å². The molecule has 0 radical (unpaired) electrons. The average Bonchev–Trinajstić information content (AvgIpc) is 3.09. The van der Waals surface area contributed by atoms with Gasteiger partial charge in [0, 0.05) is 25.5 Å². The molecule has 0 bridgehead atoms. The molecule has 0 fully saturated rings. The molecule has 6 nitrogen and oxygen atoms in total. The Morgan fingerprint density at radius 1 is 1.53 bits per heavy atom. The average molecular weight is 260 g/mol. The topological polar surface area (TPSA) is 72.1 Å². The Bertz CT molecular complexity index is 471. The molecule has 1 atom stereocenters. The van der Waals surface area contributed by atoms with E-state index in [9.17, 15) is 4.79 Å². The van der Waals surface area contributed by atoms with Crippen molar-refractivity contribution in [3.05, 3.63) is 55.3 Å². The van der Waals surface area contributed by atoms with Gasteiger partial charge in [-0.2, -0.15) is 5.10 Å². The maximum Gasteiger partial charge on any atom is 0.315 e. The summed E-state index contributed by atoms with van der Waals surface area (Å²) >= 11 is 0. The van der Waals surface area contributed by atoms with Crippen LogP contribution in [0.1, 0.15) is 11.8 Å². The van der Waals surface area contributed by atoms with Gasteiger partial charge in [-0.3, -0.25) is 4.68 Å². The zero-order valence-corrected chi connectivity index (χ0v) is 10.5. The first kappa shape index (κ1) is 12.9. The highest BCUT2D eigenvalue weighted by Gasteiger charge is 2.17. The number of hydrogen-bond donors (Lipinski definition) is 2. The summed E-state index contributed by atoms with van der Waals surface area (Å²) in [4.78, 5) is 11.5. The molecule has 0 aliphatic rings. The number of furan rings is 1. The van der Waals surface area contributed by atoms with Crippen LogP contribution < -0.4 is 10.6 Å². The number of urea groups is 1. The first-order chi connectivity index (χ1) is 9.31. The molecular weight excluding hydrogens is 244 g/mol. The van der Waals surface area contributed by atoms with E-state index in [1.807, 2.05) is 24.4 Å². The number of nitrogens with one attached hydrogen (secondary N) is 2. The molecule has 19 heavy (non-hydrogen) atoms. The quantitative estimate of drug-likeness (QED) is 0.774. The Morgan fingerprint density at radius 2 is 2.42 bits per heavy atom. The van der Waals surface area contributed by atoms with Crippen LogP contribution in [0.15, 0.2) is 53.9 Å². The molecule has 1 unspecified atom stereocenters. The van der Waals surface area contributed by atoms with Crippen LogP contribution in [0.5, 0.6) is 0 Å². The fraction of sp³-hybridized carbons (Fsp3) is 0.231. The minimum atomic E-state index is -0.247. The number of carbonyl (C=O) groups excluding carboxylic acids is 1. The van der Waals surface area contributed by atoms with Gasteiger partial charge in [-0.15, -0.1) is 6.58 Å². The summed E-state index contributed by atoms with van der Waals surface area (Å²) in [5.74, 6) is 0.743. The van der Waals surface area contributed by atoms with Gasteiger partial charge in [0.25, 0.3) is 0 Å². The van der Waals surface area contributed by atoms with E-state index in [0.29, 0.717) is 13.1 Å². The maximum absolute atomic E-state index is 11.5. The fourth-order valence-corrected chi connectivity index (χ4v) is 1.69. The van der Waals surface area contributed by atoms with Gasteiger partial charge in [0.05, 0.1) is 6.26 Å². The lowest BCUT2D eigenvalue weighted by Crippen LogP contribution is -2.39. The van der Waals surface area contributed by atoms with Crippen molar-refractivity contribution in [1.82, 2.24) is 20.4 Å². The van der Waals surface area contributed by atoms with Crippen molar-refractivity contribution in [3.8, 4) is 0 Å². The van der Waals surface area contributed by atoms with E-state index in [4.69, 9.17) is 4.42 Å². The highest BCUT2D eigenvalue weighted by molar-refractivity contribution is 5.73. The van der Waals surface area contributed by atoms with Gasteiger partial charge >= 0.3 is 6.03 Å². The second-order valence-electron chi connectivity index (χ2n) is 3.90. The van der Waals surface area contributed by atoms with Crippen molar-refractivity contribution in [3.63, 3.8) is 0 Å². The van der Waals surface area contributed by atoms with Gasteiger partial charge in [0.15, 0.2) is 0 Å². The van der Waals surface area contributed by atoms with Crippen LogP contribution in [0.4, 0.5) is 4.79 Å². The first-order valence-electron chi connectivity index (χ1n) is 5.96. The largest absolute Gasteiger partial charge is 0.467 e. The molecule has 100 valence electrons. The van der Waals surface area contributed by atoms with E-state index in [1.54, 1.807) is 23.2 Å². The molecule has 0 aromatic carbocycles. The molecule has 0 spiro atoms. The summed E-state index contributed by atoms with van der Waals surface area (Å²) in [6, 6.07) is 5.08. The van der Waals surface area contributed by atoms with Gasteiger partial charge in [-0.25, -0.2) is 4.79 Å². The Morgan fingerprint density at radius 3 is 3.05 bits per heavy atom. The lowest BCUT2D eigenvalue weighted by atomic mass is 10.2. The number of aromatic nitrogens is 2. The molecule has 2 amide bonds. The smallest absolute Gasteiger partial charge is 0.315 e. The van der Waals surface area contributed by atoms with Crippen LogP contribution in [-0.4, -0.2) is 28.9 Å². The van der Waals surface area contributed by atoms with Gasteiger partial charge in [-0.1, -0.05) is 6.08 Å². The monoisotopic (exact) mass is 260 g/mol. The third-order valence-corrected chi connectivity index (χ3v) is 2.58. The summed E-state index contributed by atoms with van der Waals surface area (Å²) in [5, 5.41) is 9.61. The molecular formula is C13H16N4O2. The third-order valence-electron chi connectivity index (χ3n) is 2.58. The second-order valence-corrected chi connectivity index (χ2v) is 3.90. The van der Waals surface area contributed by atoms with Gasteiger partial charge in [-0.05, 0) is 18.2 Å². The summed E-state index contributed by atoms with van der Waals surface area (Å²) in [6.07, 6.45) is 6.74. The number of hydrogen-bond acceptors (Lipinski definition) is 3. The molecule has 2 N–H and O–H groups in total. The van der Waals surface area contributed by atoms with Crippen LogP contribution in [-0.2, 0) is 0 Å². The molecule has 2 heterocycles. The Balaban J connectivity index is 2.00. The second kappa shape index (κ2) is 6.44. The highest BCUT2D eigenvalue weighted by Crippen LogP contribution is 2.16. The molecule has 0 saturated carbocycles. The van der Waals surface area contributed by atoms with Crippen molar-refractivity contribution in [2.45, 2.75) is 6.04 Å². The molecule has 6 heteroatoms. The fourth-order valence-electron chi connectivity index (χ4n) is 1.69. The maximum atomic E-state index is 11.5. The Labute approximate surface area is 111 Å². The van der Waals surface area contributed by atoms with Crippen LogP contribution in [0.3, 0.4) is 0 Å². The van der Waals surface area contributed by atoms with Gasteiger partial charge < -0.3 is 15.1 Å². The normalized spacial score (nSPS) is 11.8. The summed E-state index contributed by atoms with van der Waals surface area (Å²) in [5.41, 5.74) is 0. The van der Waals surface area contributed by atoms with E-state index in [-0.39, 0.29) is 12.1 Å². The zero-order valence-electron chi connectivity index (χ0n) is 10.5. The van der Waals surface area contributed by atoms with Crippen molar-refractivity contribution in [2.24, 2.45) is 0 Å². The Hall–Kier alpha value is -2.50. The SMILES string of the molecule is C=CCNC(=O)NCC(c1ccco1)n1cccn1. The van der Waals surface area contributed by atoms with Crippen molar-refractivity contribution in [2.75, 3.05) is 13.1 Å². The zero-order chi connectivity index (χ0) is 13.5. The summed E-state index contributed by atoms with van der Waals surface area (Å²) < 4.78 is 7.13. The Kier molecular flexibility index (Phi) is 4.39. The first-order valence-corrected chi connectivity index (χ1v) is 5.96. The summed E-state index contributed by atoms with van der Waals surface area (Å²) in [6.45, 7) is 4.35. The van der Waals surface area contributed by atoms with Gasteiger partial charge in [0.2, 0.25) is 0 Å². The minimum absolute atomic E-state index is 0.167. The molecule has 2 rings (SSSR count). The highest BCUT2D eigenvalue weighted by atomic mass is 16.3. The van der Waals surface area contributed by atoms with E-state index in [0.717, 1.165) is 5.76 Å². The van der Waals surface area contributed by atoms with Crippen LogP contribution in [0.25, 0.3) is 0 Å². The van der Waals surface area contributed by atoms with E-state index in [1.165, 1.54) is 0 Å². The molecule has 0 aliphatic carbocycles. The lowest BCUT2D eigenvalue weighted by Gasteiger charge is -2.16. The van der Waals surface area contributed by atoms with Crippen molar-refractivity contribution >= 4 is 6.03 Å². The lowest BCUT2D eigenvalue weighted by molar-refractivity contribution is 0.239. The molecule has 0 aliphatic heterocycles. The standard InChI is InChI=1S/C13H16N4O2/c1-2-6-14-13(18)15-10-11(12-5-3-9-19-12)17-8-4-7-16-17/h2-5,7-9,11H,1,6,10H2,(H2,14,15,18). The number of amides is 2. The van der Waals surface area contributed by atoms with Crippen LogP contribution in [0.2, 0.25) is 0 Å². The molecule has 0 saturated heterocycles. The molecule has 2 aromatic rings. The number of rotatable bonds is 6. The van der Waals surface area contributed by atoms with Crippen molar-refractivity contribution < 1.29 is 9.21 Å². The van der Waals surface area contributed by atoms with Crippen LogP contribution in [0, 0.1) is 0 Å². The predicted octanol–water partition coefficient (Wildman–Crippen LogP) is 1.55. The summed E-state index contributed by atoms with van der Waals surface area (Å²) in [7, 11) is 0. The third kappa shape index (κ3) is 3.48. The van der Waals surface area contributed by atoms with E-state index in [2.05, 4.69) is 22.3 Å². The predicted molar refractivity (Wildman–Crippen MR) is 70.7 cm³/mol. The minimum Gasteiger partial charge on any atom is -0.467 e. The van der Waals surface area contributed by atoms with Crippen molar-refractivity contribution in [1.29, 1.82) is 0 Å². The van der Waals surface area contributed by atoms with E-state index < -0.39 is 0 Å².